The number of fused-ring (bicyclic) bond motifs is 1. The maximum atomic E-state index is 13.9. The number of aryl methyl sites for hydroxylation is 2. The molecule has 4 aromatic rings. The van der Waals surface area contributed by atoms with E-state index in [9.17, 15) is 9.00 Å². The van der Waals surface area contributed by atoms with Gasteiger partial charge in [-0.15, -0.1) is 0 Å². The van der Waals surface area contributed by atoms with E-state index in [1.54, 1.807) is 6.20 Å². The van der Waals surface area contributed by atoms with Crippen LogP contribution in [0.2, 0.25) is 0 Å². The van der Waals surface area contributed by atoms with E-state index in [2.05, 4.69) is 40.0 Å². The Kier molecular flexibility index (Phi) is 6.96. The molecule has 4 atom stereocenters. The predicted molar refractivity (Wildman–Crippen MR) is 151 cm³/mol. The molecule has 1 aromatic heterocycles. The number of benzene rings is 3. The molecule has 1 heterocycles. The fourth-order valence-electron chi connectivity index (χ4n) is 5.53. The molecule has 1 amide bonds. The first-order valence-corrected chi connectivity index (χ1v) is 14.5. The van der Waals surface area contributed by atoms with Crippen molar-refractivity contribution in [2.24, 2.45) is 13.0 Å². The Balaban J connectivity index is 1.24. The van der Waals surface area contributed by atoms with Gasteiger partial charge in [-0.25, -0.2) is 13.9 Å². The first-order valence-electron chi connectivity index (χ1n) is 13.2. The number of hydrogen-bond donors (Lipinski definition) is 1. The topological polar surface area (TPSA) is 67.2 Å². The molecular formula is C31H32N4O2S. The van der Waals surface area contributed by atoms with Crippen molar-refractivity contribution in [2.45, 2.75) is 43.5 Å². The molecule has 0 bridgehead atoms. The third-order valence-electron chi connectivity index (χ3n) is 7.76. The van der Waals surface area contributed by atoms with Gasteiger partial charge in [0.15, 0.2) is 0 Å². The van der Waals surface area contributed by atoms with Crippen molar-refractivity contribution in [1.29, 1.82) is 0 Å². The highest BCUT2D eigenvalue weighted by molar-refractivity contribution is 7.82. The summed E-state index contributed by atoms with van der Waals surface area (Å²) in [7, 11) is 0.767. The van der Waals surface area contributed by atoms with Crippen LogP contribution in [0.3, 0.4) is 0 Å². The largest absolute Gasteiger partial charge is 0.337 e. The summed E-state index contributed by atoms with van der Waals surface area (Å²) in [6, 6.07) is 26.5. The summed E-state index contributed by atoms with van der Waals surface area (Å²) in [5.74, 6) is 1.68. The Morgan fingerprint density at radius 3 is 2.58 bits per heavy atom. The maximum absolute atomic E-state index is 13.9. The van der Waals surface area contributed by atoms with Crippen LogP contribution in [-0.4, -0.2) is 19.7 Å². The molecule has 1 fully saturated rings. The number of carbonyl (C=O) groups is 1. The van der Waals surface area contributed by atoms with Crippen LogP contribution in [0.25, 0.3) is 0 Å². The quantitative estimate of drug-likeness (QED) is 0.327. The summed E-state index contributed by atoms with van der Waals surface area (Å²) >= 11 is 0. The maximum Gasteiger partial charge on any atom is 0.231 e. The van der Waals surface area contributed by atoms with Crippen LogP contribution < -0.4 is 9.62 Å². The lowest BCUT2D eigenvalue weighted by atomic mass is 10.1. The lowest BCUT2D eigenvalue weighted by molar-refractivity contribution is -0.120. The molecule has 3 aromatic carbocycles. The van der Waals surface area contributed by atoms with Gasteiger partial charge in [-0.05, 0) is 59.6 Å². The Hall–Kier alpha value is -3.55. The first-order chi connectivity index (χ1) is 18.6. The van der Waals surface area contributed by atoms with E-state index in [1.165, 1.54) is 11.1 Å². The van der Waals surface area contributed by atoms with Gasteiger partial charge in [0.05, 0.1) is 23.3 Å². The molecule has 6 nitrogen and oxygen atoms in total. The zero-order chi connectivity index (χ0) is 26.1. The fraction of sp³-hybridized carbons (Fsp3) is 0.290. The Morgan fingerprint density at radius 1 is 1.08 bits per heavy atom. The van der Waals surface area contributed by atoms with Gasteiger partial charge in [0.1, 0.15) is 5.82 Å². The minimum Gasteiger partial charge on any atom is -0.337 e. The summed E-state index contributed by atoms with van der Waals surface area (Å²) in [6.45, 7) is 0.414. The molecule has 3 unspecified atom stereocenters. The molecule has 0 spiro atoms. The summed E-state index contributed by atoms with van der Waals surface area (Å²) in [4.78, 5) is 20.3. The number of amides is 1. The SMILES string of the molecule is Cn1ccnc1CN(C(=O)C1CC1c1ccccc1)c1ccc2c(c1)[C@H](NS(=O)Cc1ccccc1)CC2. The smallest absolute Gasteiger partial charge is 0.231 e. The van der Waals surface area contributed by atoms with Crippen molar-refractivity contribution in [1.82, 2.24) is 14.3 Å². The highest BCUT2D eigenvalue weighted by atomic mass is 32.2. The van der Waals surface area contributed by atoms with E-state index in [4.69, 9.17) is 0 Å². The number of rotatable bonds is 9. The summed E-state index contributed by atoms with van der Waals surface area (Å²) < 4.78 is 18.3. The van der Waals surface area contributed by atoms with Crippen molar-refractivity contribution in [2.75, 3.05) is 4.90 Å². The van der Waals surface area contributed by atoms with E-state index < -0.39 is 11.0 Å². The van der Waals surface area contributed by atoms with Crippen LogP contribution in [0.15, 0.2) is 91.3 Å². The van der Waals surface area contributed by atoms with E-state index in [0.29, 0.717) is 12.3 Å². The average molecular weight is 525 g/mol. The molecular weight excluding hydrogens is 492 g/mol. The highest BCUT2D eigenvalue weighted by Gasteiger charge is 2.46. The van der Waals surface area contributed by atoms with Gasteiger partial charge < -0.3 is 9.47 Å². The number of anilines is 1. The molecule has 0 radical (unpaired) electrons. The summed E-state index contributed by atoms with van der Waals surface area (Å²) in [5.41, 5.74) is 5.53. The Morgan fingerprint density at radius 2 is 1.84 bits per heavy atom. The number of nitrogens with zero attached hydrogens (tertiary/aromatic N) is 3. The molecule has 0 saturated heterocycles. The number of hydrogen-bond acceptors (Lipinski definition) is 3. The lowest BCUT2D eigenvalue weighted by Crippen LogP contribution is -2.33. The van der Waals surface area contributed by atoms with Crippen molar-refractivity contribution >= 4 is 22.6 Å². The number of carbonyl (C=O) groups excluding carboxylic acids is 1. The monoisotopic (exact) mass is 524 g/mol. The van der Waals surface area contributed by atoms with Crippen LogP contribution in [0.1, 0.15) is 52.9 Å². The number of nitrogens with one attached hydrogen (secondary N) is 1. The minimum atomic E-state index is -1.19. The van der Waals surface area contributed by atoms with Gasteiger partial charge in [0.2, 0.25) is 5.91 Å². The molecule has 194 valence electrons. The average Bonchev–Trinajstić information content (AvgIpc) is 3.50. The first kappa shape index (κ1) is 24.8. The third kappa shape index (κ3) is 5.22. The summed E-state index contributed by atoms with van der Waals surface area (Å²) in [5, 5.41) is 0. The van der Waals surface area contributed by atoms with E-state index in [1.807, 2.05) is 71.2 Å². The molecule has 2 aliphatic rings. The van der Waals surface area contributed by atoms with Crippen molar-refractivity contribution in [3.05, 3.63) is 119 Å². The molecule has 1 N–H and O–H groups in total. The van der Waals surface area contributed by atoms with Gasteiger partial charge in [-0.2, -0.15) is 0 Å². The Bertz CT molecular complexity index is 1450. The molecule has 38 heavy (non-hydrogen) atoms. The van der Waals surface area contributed by atoms with Gasteiger partial charge >= 0.3 is 0 Å². The number of imidazole rings is 1. The zero-order valence-corrected chi connectivity index (χ0v) is 22.3. The second kappa shape index (κ2) is 10.7. The minimum absolute atomic E-state index is 0.00222. The van der Waals surface area contributed by atoms with Crippen molar-refractivity contribution in [3.8, 4) is 0 Å². The van der Waals surface area contributed by atoms with E-state index in [0.717, 1.165) is 41.9 Å². The second-order valence-corrected chi connectivity index (χ2v) is 11.5. The predicted octanol–water partition coefficient (Wildman–Crippen LogP) is 5.20. The van der Waals surface area contributed by atoms with Crippen LogP contribution in [0.4, 0.5) is 5.69 Å². The second-order valence-electron chi connectivity index (χ2n) is 10.3. The molecule has 2 aliphatic carbocycles. The zero-order valence-electron chi connectivity index (χ0n) is 21.5. The highest BCUT2D eigenvalue weighted by Crippen LogP contribution is 2.49. The third-order valence-corrected chi connectivity index (χ3v) is 8.90. The van der Waals surface area contributed by atoms with Crippen LogP contribution >= 0.6 is 0 Å². The van der Waals surface area contributed by atoms with E-state index >= 15 is 0 Å². The number of aromatic nitrogens is 2. The van der Waals surface area contributed by atoms with Crippen LogP contribution in [0, 0.1) is 5.92 Å². The van der Waals surface area contributed by atoms with Crippen molar-refractivity contribution in [3.63, 3.8) is 0 Å². The van der Waals surface area contributed by atoms with Gasteiger partial charge in [-0.3, -0.25) is 4.79 Å². The van der Waals surface area contributed by atoms with Gasteiger partial charge in [0.25, 0.3) is 0 Å². The molecule has 1 saturated carbocycles. The van der Waals surface area contributed by atoms with Crippen molar-refractivity contribution < 1.29 is 9.00 Å². The fourth-order valence-corrected chi connectivity index (χ4v) is 6.67. The molecule has 7 heteroatoms. The standard InChI is InChI=1S/C31H32N4O2S/c1-34-17-16-32-30(34)20-35(31(36)28-19-26(28)23-10-6-3-7-11-23)25-14-12-24-13-15-29(27(24)18-25)33-38(37)21-22-8-4-2-5-9-22/h2-12,14,16-18,26,28-29,33H,13,15,19-21H2,1H3/t26?,28?,29-,38?/m1/s1. The van der Waals surface area contributed by atoms with Crippen LogP contribution in [-0.2, 0) is 41.5 Å². The molecule has 6 rings (SSSR count). The van der Waals surface area contributed by atoms with Gasteiger partial charge in [0, 0.05) is 37.1 Å². The van der Waals surface area contributed by atoms with Gasteiger partial charge in [-0.1, -0.05) is 66.7 Å². The van der Waals surface area contributed by atoms with E-state index in [-0.39, 0.29) is 23.8 Å². The Labute approximate surface area is 226 Å². The van der Waals surface area contributed by atoms with Crippen LogP contribution in [0.5, 0.6) is 0 Å². The summed E-state index contributed by atoms with van der Waals surface area (Å²) in [6.07, 6.45) is 6.37. The normalized spacial score (nSPS) is 20.6. The molecule has 0 aliphatic heterocycles. The lowest BCUT2D eigenvalue weighted by Gasteiger charge is -2.24.